The van der Waals surface area contributed by atoms with Gasteiger partial charge in [-0.25, -0.2) is 4.39 Å². The van der Waals surface area contributed by atoms with Crippen molar-refractivity contribution in [1.82, 2.24) is 14.8 Å². The van der Waals surface area contributed by atoms with Gasteiger partial charge in [0.15, 0.2) is 0 Å². The van der Waals surface area contributed by atoms with Crippen molar-refractivity contribution in [3.63, 3.8) is 0 Å². The van der Waals surface area contributed by atoms with Crippen LogP contribution < -0.4 is 10.9 Å². The monoisotopic (exact) mass is 491 g/mol. The van der Waals surface area contributed by atoms with Crippen molar-refractivity contribution >= 4 is 34.9 Å². The van der Waals surface area contributed by atoms with E-state index in [-0.39, 0.29) is 23.6 Å². The van der Waals surface area contributed by atoms with Gasteiger partial charge in [0.25, 0.3) is 22.6 Å². The number of imide groups is 1. The number of carbonyl (C=O) groups excluding carboxylic acids is 3. The molecule has 7 nitrogen and oxygen atoms in total. The Kier molecular flexibility index (Phi) is 7.26. The number of hydrogen-bond acceptors (Lipinski definition) is 5. The molecule has 0 radical (unpaired) electrons. The average Bonchev–Trinajstić information content (AvgIpc) is 3.09. The van der Waals surface area contributed by atoms with Gasteiger partial charge in [0.1, 0.15) is 11.4 Å². The van der Waals surface area contributed by atoms with Crippen molar-refractivity contribution in [1.29, 1.82) is 0 Å². The lowest BCUT2D eigenvalue weighted by molar-refractivity contribution is -0.122. The maximum absolute atomic E-state index is 13.1. The fourth-order valence-electron chi connectivity index (χ4n) is 3.62. The number of aromatic nitrogens is 1. The van der Waals surface area contributed by atoms with E-state index < -0.39 is 28.4 Å². The summed E-state index contributed by atoms with van der Waals surface area (Å²) < 4.78 is 14.5. The number of benzene rings is 2. The number of halogens is 1. The Bertz CT molecular complexity index is 1380. The Labute approximate surface area is 205 Å². The van der Waals surface area contributed by atoms with Crippen molar-refractivity contribution in [2.45, 2.75) is 13.5 Å². The smallest absolute Gasteiger partial charge is 0.293 e. The third-order valence-electron chi connectivity index (χ3n) is 5.36. The molecule has 0 atom stereocenters. The highest BCUT2D eigenvalue weighted by molar-refractivity contribution is 8.18. The van der Waals surface area contributed by atoms with E-state index in [1.165, 1.54) is 41.0 Å². The first-order valence-corrected chi connectivity index (χ1v) is 11.7. The van der Waals surface area contributed by atoms with Crippen molar-refractivity contribution < 1.29 is 18.8 Å². The molecule has 0 unspecified atom stereocenters. The van der Waals surface area contributed by atoms with E-state index in [0.29, 0.717) is 12.1 Å². The molecule has 1 aliphatic heterocycles. The lowest BCUT2D eigenvalue weighted by Gasteiger charge is -2.13. The van der Waals surface area contributed by atoms with Crippen molar-refractivity contribution in [2.24, 2.45) is 0 Å². The summed E-state index contributed by atoms with van der Waals surface area (Å²) in [5.41, 5.74) is 2.16. The first-order valence-electron chi connectivity index (χ1n) is 10.9. The molecule has 1 aromatic heterocycles. The van der Waals surface area contributed by atoms with Crippen LogP contribution in [0.5, 0.6) is 0 Å². The van der Waals surface area contributed by atoms with Crippen LogP contribution in [0.25, 0.3) is 6.08 Å². The highest BCUT2D eigenvalue weighted by Crippen LogP contribution is 2.31. The van der Waals surface area contributed by atoms with E-state index in [0.717, 1.165) is 27.8 Å². The third-order valence-corrected chi connectivity index (χ3v) is 6.27. The van der Waals surface area contributed by atoms with E-state index in [1.807, 2.05) is 31.2 Å². The number of amides is 3. The van der Waals surface area contributed by atoms with Crippen molar-refractivity contribution in [3.8, 4) is 0 Å². The number of carbonyl (C=O) groups is 3. The molecule has 3 aromatic rings. The van der Waals surface area contributed by atoms with Crippen LogP contribution in [-0.4, -0.2) is 39.6 Å². The molecule has 4 rings (SSSR count). The second-order valence-corrected chi connectivity index (χ2v) is 8.98. The van der Waals surface area contributed by atoms with Gasteiger partial charge < -0.3 is 9.88 Å². The van der Waals surface area contributed by atoms with Gasteiger partial charge in [0, 0.05) is 19.3 Å². The van der Waals surface area contributed by atoms with Crippen LogP contribution in [0.15, 0.2) is 76.6 Å². The fourth-order valence-corrected chi connectivity index (χ4v) is 4.49. The Balaban J connectivity index is 1.37. The molecule has 0 aliphatic carbocycles. The van der Waals surface area contributed by atoms with Gasteiger partial charge in [-0.15, -0.1) is 0 Å². The largest absolute Gasteiger partial charge is 0.350 e. The highest BCUT2D eigenvalue weighted by atomic mass is 32.2. The van der Waals surface area contributed by atoms with Gasteiger partial charge in [-0.3, -0.25) is 24.1 Å². The number of nitrogens with one attached hydrogen (secondary N) is 1. The number of thioether (sulfide) groups is 1. The number of aryl methyl sites for hydroxylation is 1. The minimum atomic E-state index is -0.581. The molecule has 35 heavy (non-hydrogen) atoms. The quantitative estimate of drug-likeness (QED) is 0.508. The van der Waals surface area contributed by atoms with Crippen LogP contribution in [0.1, 0.15) is 27.0 Å². The van der Waals surface area contributed by atoms with E-state index in [9.17, 15) is 23.6 Å². The summed E-state index contributed by atoms with van der Waals surface area (Å²) in [5, 5.41) is 2.15. The lowest BCUT2D eigenvalue weighted by Crippen LogP contribution is -2.39. The molecule has 9 heteroatoms. The fraction of sp³-hybridized carbons (Fsp3) is 0.154. The van der Waals surface area contributed by atoms with E-state index in [2.05, 4.69) is 5.32 Å². The van der Waals surface area contributed by atoms with Crippen LogP contribution in [0.3, 0.4) is 0 Å². The van der Waals surface area contributed by atoms with Crippen molar-refractivity contribution in [2.75, 3.05) is 13.1 Å². The summed E-state index contributed by atoms with van der Waals surface area (Å²) in [6.45, 7) is 2.25. The average molecular weight is 492 g/mol. The van der Waals surface area contributed by atoms with Gasteiger partial charge in [0.2, 0.25) is 0 Å². The van der Waals surface area contributed by atoms with E-state index in [1.54, 1.807) is 12.3 Å². The zero-order valence-electron chi connectivity index (χ0n) is 18.9. The normalized spacial score (nSPS) is 14.6. The van der Waals surface area contributed by atoms with Gasteiger partial charge in [-0.05, 0) is 60.2 Å². The lowest BCUT2D eigenvalue weighted by atomic mass is 10.1. The molecule has 1 fully saturated rings. The molecule has 0 saturated carbocycles. The standard InChI is InChI=1S/C26H22FN3O4S/c1-17-4-2-5-19(14-17)16-29-12-3-6-21(24(29)32)23(31)28-11-13-30-25(33)22(35-26(30)34)15-18-7-9-20(27)10-8-18/h2-10,12,14-15H,11,13,16H2,1H3,(H,28,31)/b22-15+. The van der Waals surface area contributed by atoms with Crippen LogP contribution in [0, 0.1) is 12.7 Å². The van der Waals surface area contributed by atoms with Crippen LogP contribution in [-0.2, 0) is 11.3 Å². The zero-order valence-corrected chi connectivity index (χ0v) is 19.7. The third kappa shape index (κ3) is 5.75. The number of pyridine rings is 1. The van der Waals surface area contributed by atoms with Gasteiger partial charge in [0.05, 0.1) is 11.4 Å². The van der Waals surface area contributed by atoms with Crippen LogP contribution in [0.4, 0.5) is 9.18 Å². The molecule has 1 aliphatic rings. The van der Waals surface area contributed by atoms with Crippen molar-refractivity contribution in [3.05, 3.63) is 110 Å². The van der Waals surface area contributed by atoms with Gasteiger partial charge >= 0.3 is 0 Å². The van der Waals surface area contributed by atoms with Gasteiger partial charge in [-0.2, -0.15) is 0 Å². The Morgan fingerprint density at radius 3 is 2.57 bits per heavy atom. The Hall–Kier alpha value is -3.98. The SMILES string of the molecule is Cc1cccc(Cn2cccc(C(=O)NCCN3C(=O)S/C(=C/c4ccc(F)cc4)C3=O)c2=O)c1. The second-order valence-electron chi connectivity index (χ2n) is 7.98. The summed E-state index contributed by atoms with van der Waals surface area (Å²) in [4.78, 5) is 51.6. The molecule has 1 N–H and O–H groups in total. The summed E-state index contributed by atoms with van der Waals surface area (Å²) in [5.74, 6) is -1.47. The molecule has 0 bridgehead atoms. The maximum atomic E-state index is 13.1. The molecular weight excluding hydrogens is 469 g/mol. The van der Waals surface area contributed by atoms with Gasteiger partial charge in [-0.1, -0.05) is 42.0 Å². The molecule has 178 valence electrons. The van der Waals surface area contributed by atoms with Crippen LogP contribution >= 0.6 is 11.8 Å². The van der Waals surface area contributed by atoms with E-state index in [4.69, 9.17) is 0 Å². The molecule has 0 spiro atoms. The Morgan fingerprint density at radius 1 is 1.06 bits per heavy atom. The van der Waals surface area contributed by atoms with Crippen LogP contribution in [0.2, 0.25) is 0 Å². The summed E-state index contributed by atoms with van der Waals surface area (Å²) in [6, 6.07) is 16.4. The predicted octanol–water partition coefficient (Wildman–Crippen LogP) is 3.81. The first-order chi connectivity index (χ1) is 16.8. The summed E-state index contributed by atoms with van der Waals surface area (Å²) in [7, 11) is 0. The zero-order chi connectivity index (χ0) is 24.9. The molecular formula is C26H22FN3O4S. The molecule has 2 heterocycles. The molecule has 2 aromatic carbocycles. The Morgan fingerprint density at radius 2 is 1.83 bits per heavy atom. The first kappa shape index (κ1) is 24.2. The minimum Gasteiger partial charge on any atom is -0.350 e. The maximum Gasteiger partial charge on any atom is 0.293 e. The number of hydrogen-bond donors (Lipinski definition) is 1. The molecule has 1 saturated heterocycles. The second kappa shape index (κ2) is 10.5. The molecule has 3 amide bonds. The minimum absolute atomic E-state index is 0.00703. The van der Waals surface area contributed by atoms with E-state index >= 15 is 0 Å². The number of nitrogens with zero attached hydrogens (tertiary/aromatic N) is 2. The number of rotatable bonds is 7. The topological polar surface area (TPSA) is 88.5 Å². The summed E-state index contributed by atoms with van der Waals surface area (Å²) in [6.07, 6.45) is 3.14. The highest BCUT2D eigenvalue weighted by Gasteiger charge is 2.34. The summed E-state index contributed by atoms with van der Waals surface area (Å²) >= 11 is 0.781. The predicted molar refractivity (Wildman–Crippen MR) is 132 cm³/mol.